The topological polar surface area (TPSA) is 29.5 Å². The van der Waals surface area contributed by atoms with E-state index in [0.717, 1.165) is 32.1 Å². The van der Waals surface area contributed by atoms with Crippen molar-refractivity contribution in [2.24, 2.45) is 5.41 Å². The van der Waals surface area contributed by atoms with Crippen LogP contribution in [0.4, 0.5) is 18.0 Å². The Kier molecular flexibility index (Phi) is 3.73. The Labute approximate surface area is 104 Å². The van der Waals surface area contributed by atoms with Crippen LogP contribution in [-0.2, 0) is 4.74 Å². The second-order valence-electron chi connectivity index (χ2n) is 5.40. The van der Waals surface area contributed by atoms with Gasteiger partial charge in [-0.05, 0) is 24.7 Å². The molecule has 0 aromatic heterocycles. The summed E-state index contributed by atoms with van der Waals surface area (Å²) in [7, 11) is 0. The third kappa shape index (κ3) is 3.29. The SMILES string of the molecule is O=C(OCC(F)(F)F)N1CCC2(CCCCC2)C1. The molecule has 1 aliphatic heterocycles. The van der Waals surface area contributed by atoms with Gasteiger partial charge < -0.3 is 9.64 Å². The number of hydrogen-bond donors (Lipinski definition) is 0. The van der Waals surface area contributed by atoms with Gasteiger partial charge in [-0.1, -0.05) is 19.3 Å². The van der Waals surface area contributed by atoms with Crippen LogP contribution in [0.3, 0.4) is 0 Å². The molecule has 3 nitrogen and oxygen atoms in total. The molecule has 1 aliphatic carbocycles. The molecule has 6 heteroatoms. The maximum Gasteiger partial charge on any atom is 0.422 e. The lowest BCUT2D eigenvalue weighted by Crippen LogP contribution is -2.35. The van der Waals surface area contributed by atoms with Crippen LogP contribution in [0.5, 0.6) is 0 Å². The van der Waals surface area contributed by atoms with Crippen LogP contribution in [-0.4, -0.2) is 36.9 Å². The van der Waals surface area contributed by atoms with Gasteiger partial charge in [-0.15, -0.1) is 0 Å². The Balaban J connectivity index is 1.82. The van der Waals surface area contributed by atoms with E-state index < -0.39 is 18.9 Å². The van der Waals surface area contributed by atoms with E-state index in [1.165, 1.54) is 11.3 Å². The molecule has 0 unspecified atom stereocenters. The molecule has 1 saturated heterocycles. The van der Waals surface area contributed by atoms with Gasteiger partial charge in [-0.3, -0.25) is 0 Å². The van der Waals surface area contributed by atoms with E-state index in [2.05, 4.69) is 4.74 Å². The third-order valence-corrected chi connectivity index (χ3v) is 3.97. The van der Waals surface area contributed by atoms with Crippen molar-refractivity contribution in [2.75, 3.05) is 19.7 Å². The number of hydrogen-bond acceptors (Lipinski definition) is 2. The van der Waals surface area contributed by atoms with Crippen molar-refractivity contribution in [3.63, 3.8) is 0 Å². The Hall–Kier alpha value is -0.940. The molecule has 1 spiro atoms. The minimum Gasteiger partial charge on any atom is -0.440 e. The van der Waals surface area contributed by atoms with Crippen molar-refractivity contribution in [3.8, 4) is 0 Å². The molecule has 0 aromatic carbocycles. The largest absolute Gasteiger partial charge is 0.440 e. The van der Waals surface area contributed by atoms with Gasteiger partial charge in [0.25, 0.3) is 0 Å². The fraction of sp³-hybridized carbons (Fsp3) is 0.917. The second-order valence-corrected chi connectivity index (χ2v) is 5.40. The van der Waals surface area contributed by atoms with Crippen molar-refractivity contribution in [3.05, 3.63) is 0 Å². The molecule has 0 radical (unpaired) electrons. The van der Waals surface area contributed by atoms with Crippen LogP contribution in [0.1, 0.15) is 38.5 Å². The standard InChI is InChI=1S/C12H18F3NO2/c13-12(14,15)9-18-10(17)16-7-6-11(8-16)4-2-1-3-5-11/h1-9H2. The summed E-state index contributed by atoms with van der Waals surface area (Å²) in [6.07, 6.45) is 1.32. The average molecular weight is 265 g/mol. The van der Waals surface area contributed by atoms with Gasteiger partial charge in [0, 0.05) is 13.1 Å². The quantitative estimate of drug-likeness (QED) is 0.727. The third-order valence-electron chi connectivity index (χ3n) is 3.97. The van der Waals surface area contributed by atoms with E-state index in [0.29, 0.717) is 13.1 Å². The van der Waals surface area contributed by atoms with Crippen molar-refractivity contribution < 1.29 is 22.7 Å². The number of likely N-dealkylation sites (tertiary alicyclic amines) is 1. The van der Waals surface area contributed by atoms with Gasteiger partial charge in [0.2, 0.25) is 0 Å². The summed E-state index contributed by atoms with van der Waals surface area (Å²) in [5, 5.41) is 0. The second kappa shape index (κ2) is 4.97. The highest BCUT2D eigenvalue weighted by Crippen LogP contribution is 2.43. The molecule has 1 saturated carbocycles. The molecule has 104 valence electrons. The number of rotatable bonds is 1. The maximum atomic E-state index is 12.0. The highest BCUT2D eigenvalue weighted by Gasteiger charge is 2.41. The average Bonchev–Trinajstić information content (AvgIpc) is 2.70. The first-order valence-corrected chi connectivity index (χ1v) is 6.39. The van der Waals surface area contributed by atoms with Gasteiger partial charge in [-0.25, -0.2) is 4.79 Å². The highest BCUT2D eigenvalue weighted by atomic mass is 19.4. The molecule has 0 bridgehead atoms. The number of carbonyl (C=O) groups is 1. The molecular weight excluding hydrogens is 247 g/mol. The Bertz CT molecular complexity index is 311. The molecule has 0 aromatic rings. The van der Waals surface area contributed by atoms with E-state index in [4.69, 9.17) is 0 Å². The molecule has 1 amide bonds. The fourth-order valence-electron chi connectivity index (χ4n) is 3.04. The molecular formula is C12H18F3NO2. The van der Waals surface area contributed by atoms with Crippen LogP contribution >= 0.6 is 0 Å². The monoisotopic (exact) mass is 265 g/mol. The predicted molar refractivity (Wildman–Crippen MR) is 59.1 cm³/mol. The number of alkyl halides is 3. The van der Waals surface area contributed by atoms with Gasteiger partial charge in [0.05, 0.1) is 0 Å². The molecule has 2 fully saturated rings. The van der Waals surface area contributed by atoms with Crippen LogP contribution in [0, 0.1) is 5.41 Å². The zero-order valence-electron chi connectivity index (χ0n) is 10.3. The van der Waals surface area contributed by atoms with Crippen molar-refractivity contribution in [2.45, 2.75) is 44.7 Å². The van der Waals surface area contributed by atoms with E-state index in [1.807, 2.05) is 0 Å². The Morgan fingerprint density at radius 3 is 2.44 bits per heavy atom. The normalized spacial score (nSPS) is 23.4. The zero-order valence-corrected chi connectivity index (χ0v) is 10.3. The summed E-state index contributed by atoms with van der Waals surface area (Å²) in [6.45, 7) is -0.407. The van der Waals surface area contributed by atoms with E-state index in [1.54, 1.807) is 0 Å². The summed E-state index contributed by atoms with van der Waals surface area (Å²) in [5.41, 5.74) is 0.148. The lowest BCUT2D eigenvalue weighted by Gasteiger charge is -2.32. The Morgan fingerprint density at radius 2 is 1.83 bits per heavy atom. The number of nitrogens with zero attached hydrogens (tertiary/aromatic N) is 1. The van der Waals surface area contributed by atoms with E-state index in [9.17, 15) is 18.0 Å². The minimum absolute atomic E-state index is 0.148. The van der Waals surface area contributed by atoms with Gasteiger partial charge >= 0.3 is 12.3 Å². The summed E-state index contributed by atoms with van der Waals surface area (Å²) in [4.78, 5) is 12.9. The minimum atomic E-state index is -4.45. The highest BCUT2D eigenvalue weighted by molar-refractivity contribution is 5.68. The molecule has 2 aliphatic rings. The molecule has 1 heterocycles. The number of amides is 1. The van der Waals surface area contributed by atoms with Gasteiger partial charge in [0.1, 0.15) is 0 Å². The molecule has 0 atom stereocenters. The first-order chi connectivity index (χ1) is 8.40. The van der Waals surface area contributed by atoms with Crippen LogP contribution < -0.4 is 0 Å². The first kappa shape index (κ1) is 13.5. The van der Waals surface area contributed by atoms with Crippen molar-refractivity contribution in [1.82, 2.24) is 4.90 Å². The lowest BCUT2D eigenvalue weighted by atomic mass is 9.74. The molecule has 0 N–H and O–H groups in total. The van der Waals surface area contributed by atoms with Gasteiger partial charge in [-0.2, -0.15) is 13.2 Å². The number of ether oxygens (including phenoxy) is 1. The van der Waals surface area contributed by atoms with E-state index in [-0.39, 0.29) is 5.41 Å². The van der Waals surface area contributed by atoms with Crippen LogP contribution in [0.2, 0.25) is 0 Å². The van der Waals surface area contributed by atoms with Crippen LogP contribution in [0.15, 0.2) is 0 Å². The van der Waals surface area contributed by atoms with Gasteiger partial charge in [0.15, 0.2) is 6.61 Å². The van der Waals surface area contributed by atoms with Crippen molar-refractivity contribution >= 4 is 6.09 Å². The summed E-state index contributed by atoms with van der Waals surface area (Å²) >= 11 is 0. The van der Waals surface area contributed by atoms with E-state index >= 15 is 0 Å². The first-order valence-electron chi connectivity index (χ1n) is 6.39. The zero-order chi connectivity index (χ0) is 13.2. The molecule has 18 heavy (non-hydrogen) atoms. The molecule has 2 rings (SSSR count). The number of halogens is 3. The summed E-state index contributed by atoms with van der Waals surface area (Å²) < 4.78 is 40.2. The smallest absolute Gasteiger partial charge is 0.422 e. The summed E-state index contributed by atoms with van der Waals surface area (Å²) in [6, 6.07) is 0. The summed E-state index contributed by atoms with van der Waals surface area (Å²) in [5.74, 6) is 0. The Morgan fingerprint density at radius 1 is 1.17 bits per heavy atom. The van der Waals surface area contributed by atoms with Crippen molar-refractivity contribution in [1.29, 1.82) is 0 Å². The van der Waals surface area contributed by atoms with Crippen LogP contribution in [0.25, 0.3) is 0 Å². The number of carbonyl (C=O) groups excluding carboxylic acids is 1. The lowest BCUT2D eigenvalue weighted by molar-refractivity contribution is -0.162. The fourth-order valence-corrected chi connectivity index (χ4v) is 3.04. The predicted octanol–water partition coefficient (Wildman–Crippen LogP) is 3.34. The maximum absolute atomic E-state index is 12.0.